The van der Waals surface area contributed by atoms with Crippen LogP contribution in [-0.2, 0) is 0 Å². The maximum atomic E-state index is 5.91. The van der Waals surface area contributed by atoms with Gasteiger partial charge in [0.15, 0.2) is 11.4 Å². The molecule has 0 saturated carbocycles. The molecule has 3 aromatic rings. The number of aromatic nitrogens is 2. The van der Waals surface area contributed by atoms with E-state index in [1.807, 2.05) is 31.2 Å². The van der Waals surface area contributed by atoms with Gasteiger partial charge in [-0.1, -0.05) is 26.0 Å². The minimum atomic E-state index is 0.664. The molecule has 0 unspecified atom stereocenters. The molecule has 104 valence electrons. The SMILES string of the molecule is Cc1nc(NCCC(C)C)c2oc3ccccc3c2n1. The van der Waals surface area contributed by atoms with Crippen molar-refractivity contribution in [3.63, 3.8) is 0 Å². The second kappa shape index (κ2) is 5.12. The second-order valence-electron chi connectivity index (χ2n) is 5.50. The number of nitrogens with zero attached hydrogens (tertiary/aromatic N) is 2. The van der Waals surface area contributed by atoms with E-state index in [0.717, 1.165) is 46.7 Å². The van der Waals surface area contributed by atoms with E-state index < -0.39 is 0 Å². The first-order valence-electron chi connectivity index (χ1n) is 7.05. The van der Waals surface area contributed by atoms with E-state index >= 15 is 0 Å². The predicted molar refractivity (Wildman–Crippen MR) is 82.0 cm³/mol. The Kier molecular flexibility index (Phi) is 3.30. The fourth-order valence-electron chi connectivity index (χ4n) is 2.30. The first-order chi connectivity index (χ1) is 9.65. The number of anilines is 1. The highest BCUT2D eigenvalue weighted by molar-refractivity contribution is 6.05. The van der Waals surface area contributed by atoms with Crippen LogP contribution in [0.4, 0.5) is 5.82 Å². The summed E-state index contributed by atoms with van der Waals surface area (Å²) in [5.41, 5.74) is 2.50. The number of rotatable bonds is 4. The third kappa shape index (κ3) is 2.33. The molecule has 2 heterocycles. The monoisotopic (exact) mass is 269 g/mol. The van der Waals surface area contributed by atoms with Gasteiger partial charge in [0.25, 0.3) is 0 Å². The summed E-state index contributed by atoms with van der Waals surface area (Å²) >= 11 is 0. The Morgan fingerprint density at radius 2 is 2.00 bits per heavy atom. The number of benzene rings is 1. The van der Waals surface area contributed by atoms with Crippen molar-refractivity contribution < 1.29 is 4.42 Å². The largest absolute Gasteiger partial charge is 0.450 e. The third-order valence-electron chi connectivity index (χ3n) is 3.35. The van der Waals surface area contributed by atoms with E-state index in [-0.39, 0.29) is 0 Å². The van der Waals surface area contributed by atoms with E-state index in [9.17, 15) is 0 Å². The van der Waals surface area contributed by atoms with Crippen molar-refractivity contribution in [3.8, 4) is 0 Å². The van der Waals surface area contributed by atoms with E-state index in [0.29, 0.717) is 5.92 Å². The lowest BCUT2D eigenvalue weighted by Gasteiger charge is -2.08. The standard InChI is InChI=1S/C16H19N3O/c1-10(2)8-9-17-16-15-14(18-11(3)19-16)12-6-4-5-7-13(12)20-15/h4-7,10H,8-9H2,1-3H3,(H,17,18,19). The van der Waals surface area contributed by atoms with E-state index in [1.165, 1.54) is 0 Å². The van der Waals surface area contributed by atoms with Crippen molar-refractivity contribution >= 4 is 27.9 Å². The van der Waals surface area contributed by atoms with Crippen molar-refractivity contribution in [2.75, 3.05) is 11.9 Å². The number of aryl methyl sites for hydroxylation is 1. The summed E-state index contributed by atoms with van der Waals surface area (Å²) in [6, 6.07) is 7.97. The van der Waals surface area contributed by atoms with Crippen LogP contribution < -0.4 is 5.32 Å². The molecular weight excluding hydrogens is 250 g/mol. The molecule has 0 radical (unpaired) electrons. The first kappa shape index (κ1) is 12.9. The molecule has 0 aliphatic carbocycles. The summed E-state index contributed by atoms with van der Waals surface area (Å²) in [4.78, 5) is 9.00. The van der Waals surface area contributed by atoms with Crippen molar-refractivity contribution in [2.45, 2.75) is 27.2 Å². The van der Waals surface area contributed by atoms with Gasteiger partial charge in [-0.15, -0.1) is 0 Å². The molecule has 1 aromatic carbocycles. The van der Waals surface area contributed by atoms with Crippen LogP contribution in [0.15, 0.2) is 28.7 Å². The van der Waals surface area contributed by atoms with Crippen LogP contribution in [0.3, 0.4) is 0 Å². The van der Waals surface area contributed by atoms with E-state index in [4.69, 9.17) is 4.42 Å². The number of furan rings is 1. The van der Waals surface area contributed by atoms with Crippen molar-refractivity contribution in [2.24, 2.45) is 5.92 Å². The van der Waals surface area contributed by atoms with Crippen LogP contribution in [0, 0.1) is 12.8 Å². The molecule has 0 aliphatic heterocycles. The number of para-hydroxylation sites is 1. The van der Waals surface area contributed by atoms with Gasteiger partial charge in [-0.2, -0.15) is 0 Å². The molecule has 0 atom stereocenters. The molecular formula is C16H19N3O. The molecule has 4 nitrogen and oxygen atoms in total. The summed E-state index contributed by atoms with van der Waals surface area (Å²) in [7, 11) is 0. The molecule has 0 aliphatic rings. The molecule has 0 spiro atoms. The number of hydrogen-bond acceptors (Lipinski definition) is 4. The zero-order chi connectivity index (χ0) is 14.1. The Balaban J connectivity index is 2.07. The molecule has 2 aromatic heterocycles. The van der Waals surface area contributed by atoms with Gasteiger partial charge in [0.1, 0.15) is 16.9 Å². The van der Waals surface area contributed by atoms with Gasteiger partial charge in [0.2, 0.25) is 0 Å². The summed E-state index contributed by atoms with van der Waals surface area (Å²) < 4.78 is 5.91. The molecule has 3 rings (SSSR count). The fraction of sp³-hybridized carbons (Fsp3) is 0.375. The Morgan fingerprint density at radius 3 is 2.80 bits per heavy atom. The molecule has 20 heavy (non-hydrogen) atoms. The topological polar surface area (TPSA) is 51.0 Å². The number of hydrogen-bond donors (Lipinski definition) is 1. The van der Waals surface area contributed by atoms with Gasteiger partial charge in [0.05, 0.1) is 0 Å². The van der Waals surface area contributed by atoms with Crippen LogP contribution in [0.2, 0.25) is 0 Å². The van der Waals surface area contributed by atoms with E-state index in [1.54, 1.807) is 0 Å². The fourth-order valence-corrected chi connectivity index (χ4v) is 2.30. The van der Waals surface area contributed by atoms with Gasteiger partial charge in [-0.25, -0.2) is 9.97 Å². The highest BCUT2D eigenvalue weighted by atomic mass is 16.3. The average molecular weight is 269 g/mol. The average Bonchev–Trinajstić information content (AvgIpc) is 2.77. The highest BCUT2D eigenvalue weighted by Crippen LogP contribution is 2.30. The van der Waals surface area contributed by atoms with E-state index in [2.05, 4.69) is 29.1 Å². The smallest absolute Gasteiger partial charge is 0.196 e. The summed E-state index contributed by atoms with van der Waals surface area (Å²) in [6.45, 7) is 7.22. The molecule has 0 saturated heterocycles. The Labute approximate surface area is 118 Å². The second-order valence-corrected chi connectivity index (χ2v) is 5.50. The predicted octanol–water partition coefficient (Wildman–Crippen LogP) is 4.14. The van der Waals surface area contributed by atoms with Crippen LogP contribution in [-0.4, -0.2) is 16.5 Å². The summed E-state index contributed by atoms with van der Waals surface area (Å²) in [5.74, 6) is 2.22. The van der Waals surface area contributed by atoms with Crippen LogP contribution in [0.5, 0.6) is 0 Å². The molecule has 0 fully saturated rings. The van der Waals surface area contributed by atoms with Gasteiger partial charge in [0, 0.05) is 11.9 Å². The van der Waals surface area contributed by atoms with Gasteiger partial charge >= 0.3 is 0 Å². The molecule has 4 heteroatoms. The van der Waals surface area contributed by atoms with Crippen molar-refractivity contribution in [1.82, 2.24) is 9.97 Å². The number of nitrogens with one attached hydrogen (secondary N) is 1. The van der Waals surface area contributed by atoms with Gasteiger partial charge in [-0.05, 0) is 31.4 Å². The lowest BCUT2D eigenvalue weighted by Crippen LogP contribution is -2.07. The third-order valence-corrected chi connectivity index (χ3v) is 3.35. The van der Waals surface area contributed by atoms with Crippen molar-refractivity contribution in [1.29, 1.82) is 0 Å². The van der Waals surface area contributed by atoms with Crippen LogP contribution in [0.1, 0.15) is 26.1 Å². The minimum absolute atomic E-state index is 0.664. The van der Waals surface area contributed by atoms with Gasteiger partial charge in [-0.3, -0.25) is 0 Å². The summed E-state index contributed by atoms with van der Waals surface area (Å²) in [6.07, 6.45) is 1.10. The quantitative estimate of drug-likeness (QED) is 0.773. The molecule has 0 bridgehead atoms. The minimum Gasteiger partial charge on any atom is -0.450 e. The van der Waals surface area contributed by atoms with Crippen molar-refractivity contribution in [3.05, 3.63) is 30.1 Å². The first-order valence-corrected chi connectivity index (χ1v) is 7.05. The van der Waals surface area contributed by atoms with Gasteiger partial charge < -0.3 is 9.73 Å². The number of fused-ring (bicyclic) bond motifs is 3. The molecule has 1 N–H and O–H groups in total. The zero-order valence-corrected chi connectivity index (χ0v) is 12.1. The summed E-state index contributed by atoms with van der Waals surface area (Å²) in [5, 5.41) is 4.42. The highest BCUT2D eigenvalue weighted by Gasteiger charge is 2.13. The van der Waals surface area contributed by atoms with Crippen LogP contribution >= 0.6 is 0 Å². The molecule has 0 amide bonds. The normalized spacial score (nSPS) is 11.6. The zero-order valence-electron chi connectivity index (χ0n) is 12.1. The lowest BCUT2D eigenvalue weighted by molar-refractivity contribution is 0.605. The Hall–Kier alpha value is -2.10. The maximum Gasteiger partial charge on any atom is 0.196 e. The maximum absolute atomic E-state index is 5.91. The Bertz CT molecular complexity index is 746. The Morgan fingerprint density at radius 1 is 1.20 bits per heavy atom. The lowest BCUT2D eigenvalue weighted by atomic mass is 10.1. The van der Waals surface area contributed by atoms with Crippen LogP contribution in [0.25, 0.3) is 22.1 Å².